The number of anilines is 1. The number of rotatable bonds is 8. The van der Waals surface area contributed by atoms with Crippen LogP contribution in [0.25, 0.3) is 0 Å². The summed E-state index contributed by atoms with van der Waals surface area (Å²) in [6.45, 7) is 6.17. The molecule has 0 radical (unpaired) electrons. The first-order valence-electron chi connectivity index (χ1n) is 10.7. The van der Waals surface area contributed by atoms with Crippen LogP contribution in [0.1, 0.15) is 43.5 Å². The molecule has 160 valence electrons. The molecule has 0 atom stereocenters. The number of carbonyl (C=O) groups is 2. The second kappa shape index (κ2) is 10.7. The SMILES string of the molecule is CCCOc1ccc(C(=O)N2CCC(C(=O)Nc3ccccc3)CC2)cc1OCC. The van der Waals surface area contributed by atoms with Gasteiger partial charge >= 0.3 is 0 Å². The van der Waals surface area contributed by atoms with Gasteiger partial charge in [0.15, 0.2) is 11.5 Å². The maximum Gasteiger partial charge on any atom is 0.253 e. The molecule has 3 rings (SSSR count). The molecule has 0 unspecified atom stereocenters. The van der Waals surface area contributed by atoms with Crippen molar-refractivity contribution in [2.45, 2.75) is 33.1 Å². The zero-order chi connectivity index (χ0) is 21.3. The third kappa shape index (κ3) is 5.53. The van der Waals surface area contributed by atoms with E-state index >= 15 is 0 Å². The van der Waals surface area contributed by atoms with Crippen molar-refractivity contribution in [3.8, 4) is 11.5 Å². The molecule has 1 aliphatic rings. The van der Waals surface area contributed by atoms with E-state index in [9.17, 15) is 9.59 Å². The summed E-state index contributed by atoms with van der Waals surface area (Å²) in [5, 5.41) is 2.96. The Morgan fingerprint density at radius 3 is 2.40 bits per heavy atom. The van der Waals surface area contributed by atoms with Gasteiger partial charge in [0, 0.05) is 30.3 Å². The summed E-state index contributed by atoms with van der Waals surface area (Å²) >= 11 is 0. The quantitative estimate of drug-likeness (QED) is 0.702. The molecule has 0 spiro atoms. The number of hydrogen-bond acceptors (Lipinski definition) is 4. The second-order valence-corrected chi connectivity index (χ2v) is 7.36. The van der Waals surface area contributed by atoms with Crippen LogP contribution in [0.3, 0.4) is 0 Å². The average Bonchev–Trinajstić information content (AvgIpc) is 2.78. The fourth-order valence-electron chi connectivity index (χ4n) is 3.53. The lowest BCUT2D eigenvalue weighted by molar-refractivity contribution is -0.121. The van der Waals surface area contributed by atoms with Crippen LogP contribution in [0.5, 0.6) is 11.5 Å². The summed E-state index contributed by atoms with van der Waals surface area (Å²) < 4.78 is 11.4. The molecule has 0 aromatic heterocycles. The van der Waals surface area contributed by atoms with Crippen molar-refractivity contribution in [3.05, 3.63) is 54.1 Å². The molecule has 1 heterocycles. The number of ether oxygens (including phenoxy) is 2. The zero-order valence-electron chi connectivity index (χ0n) is 17.7. The lowest BCUT2D eigenvalue weighted by atomic mass is 9.95. The van der Waals surface area contributed by atoms with Crippen LogP contribution in [0.15, 0.2) is 48.5 Å². The van der Waals surface area contributed by atoms with Crippen molar-refractivity contribution in [2.24, 2.45) is 5.92 Å². The van der Waals surface area contributed by atoms with Gasteiger partial charge in [0.25, 0.3) is 5.91 Å². The molecule has 2 amide bonds. The molecule has 1 saturated heterocycles. The Bertz CT molecular complexity index is 846. The summed E-state index contributed by atoms with van der Waals surface area (Å²) in [6, 6.07) is 14.8. The Balaban J connectivity index is 1.59. The number of amides is 2. The van der Waals surface area contributed by atoms with E-state index in [1.807, 2.05) is 49.1 Å². The van der Waals surface area contributed by atoms with Crippen molar-refractivity contribution >= 4 is 17.5 Å². The van der Waals surface area contributed by atoms with Crippen molar-refractivity contribution < 1.29 is 19.1 Å². The van der Waals surface area contributed by atoms with Gasteiger partial charge in [-0.25, -0.2) is 0 Å². The van der Waals surface area contributed by atoms with Crippen molar-refractivity contribution in [3.63, 3.8) is 0 Å². The third-order valence-corrected chi connectivity index (χ3v) is 5.15. The van der Waals surface area contributed by atoms with E-state index in [0.29, 0.717) is 56.2 Å². The summed E-state index contributed by atoms with van der Waals surface area (Å²) in [5.74, 6) is 1.14. The van der Waals surface area contributed by atoms with E-state index in [0.717, 1.165) is 12.1 Å². The Kier molecular flexibility index (Phi) is 7.71. The number of nitrogens with one attached hydrogen (secondary N) is 1. The van der Waals surface area contributed by atoms with E-state index in [1.165, 1.54) is 0 Å². The summed E-state index contributed by atoms with van der Waals surface area (Å²) in [6.07, 6.45) is 2.21. The molecule has 1 fully saturated rings. The maximum absolute atomic E-state index is 13.0. The molecular weight excluding hydrogens is 380 g/mol. The number of hydrogen-bond donors (Lipinski definition) is 1. The van der Waals surface area contributed by atoms with Crippen LogP contribution in [-0.2, 0) is 4.79 Å². The van der Waals surface area contributed by atoms with Gasteiger partial charge in [-0.1, -0.05) is 25.1 Å². The van der Waals surface area contributed by atoms with Gasteiger partial charge in [0.05, 0.1) is 13.2 Å². The lowest BCUT2D eigenvalue weighted by Crippen LogP contribution is -2.41. The highest BCUT2D eigenvalue weighted by Crippen LogP contribution is 2.30. The topological polar surface area (TPSA) is 67.9 Å². The minimum Gasteiger partial charge on any atom is -0.490 e. The molecule has 2 aromatic carbocycles. The van der Waals surface area contributed by atoms with Gasteiger partial charge in [-0.05, 0) is 56.5 Å². The fourth-order valence-corrected chi connectivity index (χ4v) is 3.53. The molecule has 30 heavy (non-hydrogen) atoms. The van der Waals surface area contributed by atoms with Gasteiger partial charge < -0.3 is 19.7 Å². The zero-order valence-corrected chi connectivity index (χ0v) is 17.7. The maximum atomic E-state index is 13.0. The number of benzene rings is 2. The Hall–Kier alpha value is -3.02. The van der Waals surface area contributed by atoms with Crippen molar-refractivity contribution in [1.29, 1.82) is 0 Å². The Morgan fingerprint density at radius 1 is 1.00 bits per heavy atom. The first kappa shape index (κ1) is 21.7. The number of nitrogens with zero attached hydrogens (tertiary/aromatic N) is 1. The predicted molar refractivity (Wildman–Crippen MR) is 117 cm³/mol. The highest BCUT2D eigenvalue weighted by atomic mass is 16.5. The third-order valence-electron chi connectivity index (χ3n) is 5.15. The smallest absolute Gasteiger partial charge is 0.253 e. The van der Waals surface area contributed by atoms with Crippen molar-refractivity contribution in [1.82, 2.24) is 4.90 Å². The van der Waals surface area contributed by atoms with Crippen LogP contribution < -0.4 is 14.8 Å². The number of carbonyl (C=O) groups excluding carboxylic acids is 2. The van der Waals surface area contributed by atoms with Crippen LogP contribution in [0.4, 0.5) is 5.69 Å². The first-order chi connectivity index (χ1) is 14.6. The minimum atomic E-state index is -0.0851. The summed E-state index contributed by atoms with van der Waals surface area (Å²) in [5.41, 5.74) is 1.38. The Morgan fingerprint density at radius 2 is 1.73 bits per heavy atom. The van der Waals surface area contributed by atoms with Gasteiger partial charge in [0.1, 0.15) is 0 Å². The molecular formula is C24H30N2O4. The van der Waals surface area contributed by atoms with Crippen LogP contribution >= 0.6 is 0 Å². The molecule has 6 heteroatoms. The van der Waals surface area contributed by atoms with Crippen LogP contribution in [0.2, 0.25) is 0 Å². The average molecular weight is 411 g/mol. The lowest BCUT2D eigenvalue weighted by Gasteiger charge is -2.31. The fraction of sp³-hybridized carbons (Fsp3) is 0.417. The van der Waals surface area contributed by atoms with E-state index in [-0.39, 0.29) is 17.7 Å². The van der Waals surface area contributed by atoms with Crippen LogP contribution in [0, 0.1) is 5.92 Å². The molecule has 2 aromatic rings. The van der Waals surface area contributed by atoms with Gasteiger partial charge in [-0.15, -0.1) is 0 Å². The molecule has 6 nitrogen and oxygen atoms in total. The van der Waals surface area contributed by atoms with Gasteiger partial charge in [0.2, 0.25) is 5.91 Å². The molecule has 0 bridgehead atoms. The molecule has 1 aliphatic heterocycles. The summed E-state index contributed by atoms with van der Waals surface area (Å²) in [4.78, 5) is 27.3. The first-order valence-corrected chi connectivity index (χ1v) is 10.7. The largest absolute Gasteiger partial charge is 0.490 e. The van der Waals surface area contributed by atoms with E-state index < -0.39 is 0 Å². The normalized spacial score (nSPS) is 14.3. The molecule has 0 aliphatic carbocycles. The van der Waals surface area contributed by atoms with Crippen LogP contribution in [-0.4, -0.2) is 43.0 Å². The number of para-hydroxylation sites is 1. The highest BCUT2D eigenvalue weighted by molar-refractivity contribution is 5.96. The monoisotopic (exact) mass is 410 g/mol. The highest BCUT2D eigenvalue weighted by Gasteiger charge is 2.28. The second-order valence-electron chi connectivity index (χ2n) is 7.36. The number of likely N-dealkylation sites (tertiary alicyclic amines) is 1. The minimum absolute atomic E-state index is 0.0179. The van der Waals surface area contributed by atoms with Gasteiger partial charge in [-0.3, -0.25) is 9.59 Å². The standard InChI is InChI=1S/C24H30N2O4/c1-3-16-30-21-11-10-19(17-22(21)29-4-2)24(28)26-14-12-18(13-15-26)23(27)25-20-8-6-5-7-9-20/h5-11,17-18H,3-4,12-16H2,1-2H3,(H,25,27). The molecule has 0 saturated carbocycles. The van der Waals surface area contributed by atoms with E-state index in [4.69, 9.17) is 9.47 Å². The van der Waals surface area contributed by atoms with Crippen molar-refractivity contribution in [2.75, 3.05) is 31.6 Å². The Labute approximate surface area is 178 Å². The van der Waals surface area contributed by atoms with E-state index in [2.05, 4.69) is 5.32 Å². The van der Waals surface area contributed by atoms with E-state index in [1.54, 1.807) is 18.2 Å². The predicted octanol–water partition coefficient (Wildman–Crippen LogP) is 4.37. The van der Waals surface area contributed by atoms with Gasteiger partial charge in [-0.2, -0.15) is 0 Å². The summed E-state index contributed by atoms with van der Waals surface area (Å²) in [7, 11) is 0. The number of piperidine rings is 1. The molecule has 1 N–H and O–H groups in total.